The molecule has 1 aliphatic rings. The molecule has 184 valence electrons. The van der Waals surface area contributed by atoms with E-state index in [0.29, 0.717) is 18.5 Å². The number of carbonyl (C=O) groups excluding carboxylic acids is 1. The van der Waals surface area contributed by atoms with Crippen molar-refractivity contribution in [2.75, 3.05) is 20.2 Å². The Balaban J connectivity index is 1.45. The van der Waals surface area contributed by atoms with Crippen molar-refractivity contribution in [3.8, 4) is 16.9 Å². The van der Waals surface area contributed by atoms with Gasteiger partial charge in [0.2, 0.25) is 0 Å². The molecular weight excluding hydrogens is 452 g/mol. The Morgan fingerprint density at radius 1 is 0.917 bits per heavy atom. The maximum atomic E-state index is 13.4. The van der Waals surface area contributed by atoms with E-state index in [0.717, 1.165) is 46.4 Å². The summed E-state index contributed by atoms with van der Waals surface area (Å²) in [5, 5.41) is 1.56. The van der Waals surface area contributed by atoms with E-state index >= 15 is 0 Å². The van der Waals surface area contributed by atoms with E-state index in [1.54, 1.807) is 16.6 Å². The van der Waals surface area contributed by atoms with E-state index in [1.807, 2.05) is 73.8 Å². The number of hydrogen-bond acceptors (Lipinski definition) is 4. The third-order valence-corrected chi connectivity index (χ3v) is 7.06. The summed E-state index contributed by atoms with van der Waals surface area (Å²) in [6.07, 6.45) is 1.21. The predicted octanol–water partition coefficient (Wildman–Crippen LogP) is 5.73. The van der Waals surface area contributed by atoms with Crippen LogP contribution < -0.4 is 10.3 Å². The zero-order chi connectivity index (χ0) is 25.1. The fourth-order valence-corrected chi connectivity index (χ4v) is 5.17. The lowest BCUT2D eigenvalue weighted by atomic mass is 9.85. The van der Waals surface area contributed by atoms with Crippen LogP contribution in [-0.4, -0.2) is 35.8 Å². The largest absolute Gasteiger partial charge is 0.497 e. The van der Waals surface area contributed by atoms with Gasteiger partial charge in [-0.1, -0.05) is 60.7 Å². The number of ether oxygens (including phenoxy) is 2. The third-order valence-electron chi connectivity index (χ3n) is 7.06. The molecule has 5 rings (SSSR count). The standard InChI is InChI=1S/C30H30N2O4/c1-31-28(23-15-17-32(18-16-23)30(34)36-20-21-9-5-3-6-10-21)27(22-11-7-4-8-12-22)26-19-24(35-2)13-14-25(26)29(31)33/h3-14,19,23H,15-18,20H2,1-2H3. The van der Waals surface area contributed by atoms with Gasteiger partial charge in [0.05, 0.1) is 7.11 Å². The van der Waals surface area contributed by atoms with Gasteiger partial charge in [0, 0.05) is 48.1 Å². The Hall–Kier alpha value is -4.06. The minimum atomic E-state index is -0.294. The summed E-state index contributed by atoms with van der Waals surface area (Å²) < 4.78 is 12.8. The van der Waals surface area contributed by atoms with E-state index in [-0.39, 0.29) is 24.2 Å². The average Bonchev–Trinajstić information content (AvgIpc) is 2.94. The summed E-state index contributed by atoms with van der Waals surface area (Å²) in [7, 11) is 3.49. The molecule has 6 heteroatoms. The van der Waals surface area contributed by atoms with E-state index in [1.165, 1.54) is 0 Å². The highest BCUT2D eigenvalue weighted by atomic mass is 16.6. The van der Waals surface area contributed by atoms with Crippen molar-refractivity contribution < 1.29 is 14.3 Å². The molecule has 0 saturated carbocycles. The van der Waals surface area contributed by atoms with Crippen LogP contribution in [0, 0.1) is 0 Å². The first kappa shape index (κ1) is 23.7. The van der Waals surface area contributed by atoms with Crippen LogP contribution in [0.5, 0.6) is 5.75 Å². The summed E-state index contributed by atoms with van der Waals surface area (Å²) in [4.78, 5) is 27.9. The molecule has 0 atom stereocenters. The summed E-state index contributed by atoms with van der Waals surface area (Å²) in [5.74, 6) is 0.849. The van der Waals surface area contributed by atoms with Gasteiger partial charge in [-0.2, -0.15) is 0 Å². The molecular formula is C30H30N2O4. The number of carbonyl (C=O) groups is 1. The molecule has 0 spiro atoms. The predicted molar refractivity (Wildman–Crippen MR) is 141 cm³/mol. The summed E-state index contributed by atoms with van der Waals surface area (Å²) in [5.41, 5.74) is 4.06. The molecule has 0 N–H and O–H groups in total. The van der Waals surface area contributed by atoms with E-state index < -0.39 is 0 Å². The second-order valence-corrected chi connectivity index (χ2v) is 9.20. The third kappa shape index (κ3) is 4.59. The number of piperidine rings is 1. The monoisotopic (exact) mass is 482 g/mol. The van der Waals surface area contributed by atoms with Crippen LogP contribution in [0.1, 0.15) is 30.0 Å². The first-order valence-electron chi connectivity index (χ1n) is 12.3. The van der Waals surface area contributed by atoms with Crippen molar-refractivity contribution in [2.24, 2.45) is 7.05 Å². The quantitative estimate of drug-likeness (QED) is 0.364. The van der Waals surface area contributed by atoms with E-state index in [9.17, 15) is 9.59 Å². The molecule has 4 aromatic rings. The molecule has 0 unspecified atom stereocenters. The first-order valence-corrected chi connectivity index (χ1v) is 12.3. The fraction of sp³-hybridized carbons (Fsp3) is 0.267. The van der Waals surface area contributed by atoms with Crippen LogP contribution >= 0.6 is 0 Å². The Morgan fingerprint density at radius 3 is 2.25 bits per heavy atom. The van der Waals surface area contributed by atoms with Crippen molar-refractivity contribution in [3.63, 3.8) is 0 Å². The molecule has 1 aromatic heterocycles. The zero-order valence-corrected chi connectivity index (χ0v) is 20.6. The van der Waals surface area contributed by atoms with E-state index in [2.05, 4.69) is 12.1 Å². The number of aromatic nitrogens is 1. The topological polar surface area (TPSA) is 60.8 Å². The summed E-state index contributed by atoms with van der Waals surface area (Å²) >= 11 is 0. The van der Waals surface area contributed by atoms with Crippen LogP contribution in [-0.2, 0) is 18.4 Å². The number of benzene rings is 3. The molecule has 3 aromatic carbocycles. The van der Waals surface area contributed by atoms with Gasteiger partial charge in [0.25, 0.3) is 5.56 Å². The molecule has 1 saturated heterocycles. The SMILES string of the molecule is COc1ccc2c(=O)n(C)c(C3CCN(C(=O)OCc4ccccc4)CC3)c(-c3ccccc3)c2c1. The lowest BCUT2D eigenvalue weighted by molar-refractivity contribution is 0.0867. The highest BCUT2D eigenvalue weighted by molar-refractivity contribution is 5.98. The van der Waals surface area contributed by atoms with Gasteiger partial charge in [-0.3, -0.25) is 4.79 Å². The van der Waals surface area contributed by atoms with E-state index in [4.69, 9.17) is 9.47 Å². The maximum absolute atomic E-state index is 13.4. The van der Waals surface area contributed by atoms with Crippen molar-refractivity contribution in [1.82, 2.24) is 9.47 Å². The smallest absolute Gasteiger partial charge is 0.410 e. The number of pyridine rings is 1. The minimum absolute atomic E-state index is 0.0213. The van der Waals surface area contributed by atoms with Gasteiger partial charge in [-0.05, 0) is 42.2 Å². The number of likely N-dealkylation sites (tertiary alicyclic amines) is 1. The number of rotatable bonds is 5. The van der Waals surface area contributed by atoms with Crippen molar-refractivity contribution in [1.29, 1.82) is 0 Å². The van der Waals surface area contributed by atoms with Gasteiger partial charge in [0.1, 0.15) is 12.4 Å². The van der Waals surface area contributed by atoms with Crippen molar-refractivity contribution in [3.05, 3.63) is 100 Å². The van der Waals surface area contributed by atoms with Crippen LogP contribution in [0.25, 0.3) is 21.9 Å². The van der Waals surface area contributed by atoms with Crippen LogP contribution in [0.2, 0.25) is 0 Å². The van der Waals surface area contributed by atoms with Crippen molar-refractivity contribution >= 4 is 16.9 Å². The summed E-state index contributed by atoms with van der Waals surface area (Å²) in [6, 6.07) is 25.5. The average molecular weight is 483 g/mol. The van der Waals surface area contributed by atoms with Crippen molar-refractivity contribution in [2.45, 2.75) is 25.4 Å². The summed E-state index contributed by atoms with van der Waals surface area (Å²) in [6.45, 7) is 1.42. The Kier molecular flexibility index (Phi) is 6.76. The molecule has 1 fully saturated rings. The number of amides is 1. The molecule has 0 bridgehead atoms. The number of fused-ring (bicyclic) bond motifs is 1. The molecule has 1 amide bonds. The maximum Gasteiger partial charge on any atom is 0.410 e. The lowest BCUT2D eigenvalue weighted by Gasteiger charge is -2.33. The van der Waals surface area contributed by atoms with Gasteiger partial charge in [0.15, 0.2) is 0 Å². The Labute approximate surface area is 210 Å². The molecule has 6 nitrogen and oxygen atoms in total. The van der Waals surface area contributed by atoms with Gasteiger partial charge >= 0.3 is 6.09 Å². The number of methoxy groups -OCH3 is 1. The highest BCUT2D eigenvalue weighted by Crippen LogP contribution is 2.39. The van der Waals surface area contributed by atoms with Crippen LogP contribution in [0.15, 0.2) is 83.7 Å². The van der Waals surface area contributed by atoms with Crippen LogP contribution in [0.4, 0.5) is 4.79 Å². The number of nitrogens with zero attached hydrogens (tertiary/aromatic N) is 2. The Morgan fingerprint density at radius 2 is 1.58 bits per heavy atom. The molecule has 0 aliphatic carbocycles. The normalized spacial score (nSPS) is 14.1. The lowest BCUT2D eigenvalue weighted by Crippen LogP contribution is -2.39. The molecule has 0 radical (unpaired) electrons. The second-order valence-electron chi connectivity index (χ2n) is 9.20. The molecule has 2 heterocycles. The van der Waals surface area contributed by atoms with Gasteiger partial charge in [-0.15, -0.1) is 0 Å². The molecule has 36 heavy (non-hydrogen) atoms. The Bertz CT molecular complexity index is 1420. The minimum Gasteiger partial charge on any atom is -0.497 e. The fourth-order valence-electron chi connectivity index (χ4n) is 5.17. The second kappa shape index (κ2) is 10.3. The zero-order valence-electron chi connectivity index (χ0n) is 20.6. The van der Waals surface area contributed by atoms with Gasteiger partial charge in [-0.25, -0.2) is 4.79 Å². The first-order chi connectivity index (χ1) is 17.6. The highest BCUT2D eigenvalue weighted by Gasteiger charge is 2.29. The number of hydrogen-bond donors (Lipinski definition) is 0. The molecule has 1 aliphatic heterocycles. The van der Waals surface area contributed by atoms with Gasteiger partial charge < -0.3 is 18.9 Å². The van der Waals surface area contributed by atoms with Crippen LogP contribution in [0.3, 0.4) is 0 Å².